The minimum Gasteiger partial charge on any atom is -0.476 e. The van der Waals surface area contributed by atoms with Crippen LogP contribution in [0.1, 0.15) is 28.3 Å². The van der Waals surface area contributed by atoms with E-state index in [1.807, 2.05) is 0 Å². The highest BCUT2D eigenvalue weighted by Gasteiger charge is 2.17. The van der Waals surface area contributed by atoms with Crippen molar-refractivity contribution in [1.82, 2.24) is 10.3 Å². The number of nitrogens with one attached hydrogen (secondary N) is 1. The van der Waals surface area contributed by atoms with Gasteiger partial charge in [0.1, 0.15) is 5.01 Å². The van der Waals surface area contributed by atoms with Gasteiger partial charge < -0.3 is 15.2 Å². The minimum absolute atomic E-state index is 0.0121. The lowest BCUT2D eigenvalue weighted by molar-refractivity contribution is -0.120. The third-order valence-corrected chi connectivity index (χ3v) is 3.48. The van der Waals surface area contributed by atoms with Crippen LogP contribution in [0.4, 0.5) is 0 Å². The van der Waals surface area contributed by atoms with Crippen molar-refractivity contribution in [2.45, 2.75) is 25.4 Å². The largest absolute Gasteiger partial charge is 0.476 e. The maximum Gasteiger partial charge on any atom is 0.355 e. The van der Waals surface area contributed by atoms with Gasteiger partial charge in [0.2, 0.25) is 5.91 Å². The predicted octanol–water partition coefficient (Wildman–Crippen LogP) is 0.679. The lowest BCUT2D eigenvalue weighted by atomic mass is 10.2. The van der Waals surface area contributed by atoms with Crippen LogP contribution in [0, 0.1) is 0 Å². The van der Waals surface area contributed by atoms with Crippen LogP contribution in [0.15, 0.2) is 5.38 Å². The highest BCUT2D eigenvalue weighted by Crippen LogP contribution is 2.12. The van der Waals surface area contributed by atoms with Crippen LogP contribution in [0.2, 0.25) is 0 Å². The summed E-state index contributed by atoms with van der Waals surface area (Å²) in [5.41, 5.74) is -0.0121. The molecule has 0 aliphatic carbocycles. The van der Waals surface area contributed by atoms with Crippen molar-refractivity contribution in [2.75, 3.05) is 13.2 Å². The van der Waals surface area contributed by atoms with E-state index in [0.717, 1.165) is 19.4 Å². The molecule has 1 atom stereocenters. The van der Waals surface area contributed by atoms with E-state index in [-0.39, 0.29) is 24.1 Å². The molecule has 1 unspecified atom stereocenters. The van der Waals surface area contributed by atoms with E-state index in [1.165, 1.54) is 16.7 Å². The standard InChI is InChI=1S/C11H14N2O4S/c14-9(12-5-7-2-1-3-17-7)4-10-13-8(6-18-10)11(15)16/h6-7H,1-5H2,(H,12,14)(H,15,16). The third-order valence-electron chi connectivity index (χ3n) is 2.63. The number of ether oxygens (including phenoxy) is 1. The zero-order valence-electron chi connectivity index (χ0n) is 9.72. The monoisotopic (exact) mass is 270 g/mol. The van der Waals surface area contributed by atoms with Crippen molar-refractivity contribution in [2.24, 2.45) is 0 Å². The number of nitrogens with zero attached hydrogens (tertiary/aromatic N) is 1. The van der Waals surface area contributed by atoms with Crippen molar-refractivity contribution in [3.8, 4) is 0 Å². The SMILES string of the molecule is O=C(Cc1nc(C(=O)O)cs1)NCC1CCCO1. The average molecular weight is 270 g/mol. The first-order valence-electron chi connectivity index (χ1n) is 5.71. The Morgan fingerprint density at radius 2 is 2.44 bits per heavy atom. The predicted molar refractivity (Wildman–Crippen MR) is 64.8 cm³/mol. The first kappa shape index (κ1) is 13.0. The van der Waals surface area contributed by atoms with Gasteiger partial charge in [0.05, 0.1) is 12.5 Å². The van der Waals surface area contributed by atoms with Crippen molar-refractivity contribution in [3.63, 3.8) is 0 Å². The van der Waals surface area contributed by atoms with Gasteiger partial charge in [-0.15, -0.1) is 11.3 Å². The third kappa shape index (κ3) is 3.51. The molecule has 98 valence electrons. The van der Waals surface area contributed by atoms with Crippen LogP contribution < -0.4 is 5.32 Å². The quantitative estimate of drug-likeness (QED) is 0.821. The van der Waals surface area contributed by atoms with Crippen molar-refractivity contribution in [3.05, 3.63) is 16.1 Å². The number of hydrogen-bond acceptors (Lipinski definition) is 5. The molecule has 1 aromatic heterocycles. The van der Waals surface area contributed by atoms with Gasteiger partial charge in [0, 0.05) is 18.5 Å². The molecule has 18 heavy (non-hydrogen) atoms. The summed E-state index contributed by atoms with van der Waals surface area (Å²) in [7, 11) is 0. The maximum atomic E-state index is 11.6. The average Bonchev–Trinajstić information content (AvgIpc) is 2.96. The summed E-state index contributed by atoms with van der Waals surface area (Å²) in [6.07, 6.45) is 2.24. The molecule has 0 radical (unpaired) electrons. The van der Waals surface area contributed by atoms with Gasteiger partial charge in [0.15, 0.2) is 5.69 Å². The topological polar surface area (TPSA) is 88.5 Å². The molecule has 1 fully saturated rings. The molecule has 1 aliphatic heterocycles. The Morgan fingerprint density at radius 3 is 3.06 bits per heavy atom. The number of carboxylic acids is 1. The Hall–Kier alpha value is -1.47. The normalized spacial score (nSPS) is 18.8. The van der Waals surface area contributed by atoms with E-state index in [1.54, 1.807) is 0 Å². The smallest absolute Gasteiger partial charge is 0.355 e. The zero-order chi connectivity index (χ0) is 13.0. The molecule has 0 saturated carbocycles. The van der Waals surface area contributed by atoms with Crippen LogP contribution in [0.5, 0.6) is 0 Å². The summed E-state index contributed by atoms with van der Waals surface area (Å²) in [5, 5.41) is 13.4. The zero-order valence-corrected chi connectivity index (χ0v) is 10.5. The number of carboxylic acid groups (broad SMARTS) is 1. The molecule has 1 amide bonds. The Balaban J connectivity index is 1.77. The number of aromatic nitrogens is 1. The number of carbonyl (C=O) groups is 2. The summed E-state index contributed by atoms with van der Waals surface area (Å²) in [6.45, 7) is 1.27. The molecule has 7 heteroatoms. The minimum atomic E-state index is -1.07. The second-order valence-electron chi connectivity index (χ2n) is 4.05. The van der Waals surface area contributed by atoms with Crippen molar-refractivity contribution in [1.29, 1.82) is 0 Å². The number of aromatic carboxylic acids is 1. The van der Waals surface area contributed by atoms with Gasteiger partial charge in [-0.2, -0.15) is 0 Å². The molecule has 0 spiro atoms. The second kappa shape index (κ2) is 5.92. The molecular formula is C11H14N2O4S. The van der Waals surface area contributed by atoms with Crippen molar-refractivity contribution < 1.29 is 19.4 Å². The number of thiazole rings is 1. The van der Waals surface area contributed by atoms with Crippen LogP contribution in [0.3, 0.4) is 0 Å². The summed E-state index contributed by atoms with van der Waals surface area (Å²) >= 11 is 1.18. The van der Waals surface area contributed by atoms with Crippen LogP contribution in [-0.4, -0.2) is 41.2 Å². The van der Waals surface area contributed by atoms with Gasteiger partial charge in [-0.3, -0.25) is 4.79 Å². The highest BCUT2D eigenvalue weighted by atomic mass is 32.1. The lowest BCUT2D eigenvalue weighted by Crippen LogP contribution is -2.32. The molecular weight excluding hydrogens is 256 g/mol. The Labute approximate surface area is 108 Å². The Morgan fingerprint density at radius 1 is 1.61 bits per heavy atom. The Bertz CT molecular complexity index is 440. The van der Waals surface area contributed by atoms with Gasteiger partial charge in [-0.05, 0) is 12.8 Å². The van der Waals surface area contributed by atoms with Gasteiger partial charge in [-0.25, -0.2) is 9.78 Å². The van der Waals surface area contributed by atoms with E-state index >= 15 is 0 Å². The Kier molecular flexibility index (Phi) is 4.27. The van der Waals surface area contributed by atoms with Crippen molar-refractivity contribution >= 4 is 23.2 Å². The second-order valence-corrected chi connectivity index (χ2v) is 4.99. The van der Waals surface area contributed by atoms with E-state index in [4.69, 9.17) is 9.84 Å². The fourth-order valence-electron chi connectivity index (χ4n) is 1.72. The number of carbonyl (C=O) groups excluding carboxylic acids is 1. The molecule has 6 nitrogen and oxygen atoms in total. The molecule has 0 bridgehead atoms. The van der Waals surface area contributed by atoms with Crippen LogP contribution >= 0.6 is 11.3 Å². The van der Waals surface area contributed by atoms with Gasteiger partial charge in [0.25, 0.3) is 0 Å². The maximum absolute atomic E-state index is 11.6. The summed E-state index contributed by atoms with van der Waals surface area (Å²) < 4.78 is 5.38. The van der Waals surface area contributed by atoms with Gasteiger partial charge in [-0.1, -0.05) is 0 Å². The van der Waals surface area contributed by atoms with E-state index in [0.29, 0.717) is 11.6 Å². The number of rotatable bonds is 5. The van der Waals surface area contributed by atoms with E-state index < -0.39 is 5.97 Å². The lowest BCUT2D eigenvalue weighted by Gasteiger charge is -2.09. The molecule has 2 rings (SSSR count). The van der Waals surface area contributed by atoms with Crippen LogP contribution in [-0.2, 0) is 16.0 Å². The van der Waals surface area contributed by atoms with Gasteiger partial charge >= 0.3 is 5.97 Å². The first-order valence-corrected chi connectivity index (χ1v) is 6.59. The summed E-state index contributed by atoms with van der Waals surface area (Å²) in [6, 6.07) is 0. The first-order chi connectivity index (χ1) is 8.65. The highest BCUT2D eigenvalue weighted by molar-refractivity contribution is 7.09. The fourth-order valence-corrected chi connectivity index (χ4v) is 2.49. The molecule has 1 aliphatic rings. The molecule has 0 aromatic carbocycles. The fraction of sp³-hybridized carbons (Fsp3) is 0.545. The van der Waals surface area contributed by atoms with E-state index in [9.17, 15) is 9.59 Å². The molecule has 2 N–H and O–H groups in total. The molecule has 1 saturated heterocycles. The number of amides is 1. The summed E-state index contributed by atoms with van der Waals surface area (Å²) in [4.78, 5) is 26.1. The van der Waals surface area contributed by atoms with Crippen LogP contribution in [0.25, 0.3) is 0 Å². The molecule has 2 heterocycles. The summed E-state index contributed by atoms with van der Waals surface area (Å²) in [5.74, 6) is -1.23. The van der Waals surface area contributed by atoms with E-state index in [2.05, 4.69) is 10.3 Å². The number of hydrogen-bond donors (Lipinski definition) is 2. The molecule has 1 aromatic rings.